The van der Waals surface area contributed by atoms with Gasteiger partial charge in [-0.3, -0.25) is 0 Å². The van der Waals surface area contributed by atoms with E-state index in [0.29, 0.717) is 18.2 Å². The summed E-state index contributed by atoms with van der Waals surface area (Å²) < 4.78 is 2.24. The highest BCUT2D eigenvalue weighted by atomic mass is 15.5. The fraction of sp³-hybridized carbons (Fsp3) is 0.400. The summed E-state index contributed by atoms with van der Waals surface area (Å²) in [7, 11) is 8.33. The van der Waals surface area contributed by atoms with Crippen molar-refractivity contribution in [2.24, 2.45) is 0 Å². The highest BCUT2D eigenvalue weighted by Gasteiger charge is 2.20. The van der Waals surface area contributed by atoms with Gasteiger partial charge in [0.25, 0.3) is 0 Å². The zero-order valence-electron chi connectivity index (χ0n) is 25.1. The van der Waals surface area contributed by atoms with Crippen molar-refractivity contribution in [2.45, 2.75) is 26.3 Å². The summed E-state index contributed by atoms with van der Waals surface area (Å²) in [6, 6.07) is 16.6. The number of imidazole rings is 1. The third-order valence-corrected chi connectivity index (χ3v) is 7.16. The summed E-state index contributed by atoms with van der Waals surface area (Å²) in [6.07, 6.45) is 1.98. The van der Waals surface area contributed by atoms with Gasteiger partial charge in [-0.25, -0.2) is 4.98 Å². The van der Waals surface area contributed by atoms with Gasteiger partial charge in [-0.15, -0.1) is 20.4 Å². The minimum Gasteiger partial charge on any atom is -0.367 e. The maximum atomic E-state index is 5.01. The quantitative estimate of drug-likeness (QED) is 0.170. The third-order valence-electron chi connectivity index (χ3n) is 7.16. The van der Waals surface area contributed by atoms with E-state index in [1.165, 1.54) is 0 Å². The zero-order valence-corrected chi connectivity index (χ0v) is 25.1. The van der Waals surface area contributed by atoms with Gasteiger partial charge in [-0.1, -0.05) is 48.5 Å². The van der Waals surface area contributed by atoms with E-state index in [0.717, 1.165) is 84.0 Å². The van der Waals surface area contributed by atoms with Gasteiger partial charge in [0.15, 0.2) is 11.6 Å². The number of nitrogens with zero attached hydrogens (tertiary/aromatic N) is 9. The molecule has 3 heterocycles. The maximum Gasteiger partial charge on any atom is 0.205 e. The molecule has 12 heteroatoms. The van der Waals surface area contributed by atoms with Crippen LogP contribution in [0.3, 0.4) is 0 Å². The van der Waals surface area contributed by atoms with Crippen molar-refractivity contribution in [1.29, 1.82) is 0 Å². The average molecular weight is 569 g/mol. The van der Waals surface area contributed by atoms with E-state index in [1.54, 1.807) is 0 Å². The molecule has 3 N–H and O–H groups in total. The normalized spacial score (nSPS) is 11.6. The lowest BCUT2D eigenvalue weighted by molar-refractivity contribution is 0.405. The van der Waals surface area contributed by atoms with Crippen LogP contribution in [0.15, 0.2) is 48.5 Å². The summed E-state index contributed by atoms with van der Waals surface area (Å²) in [5.74, 6) is 2.91. The molecular weight excluding hydrogens is 528 g/mol. The highest BCUT2D eigenvalue weighted by molar-refractivity contribution is 5.94. The Morgan fingerprint density at radius 1 is 0.762 bits per heavy atom. The summed E-state index contributed by atoms with van der Waals surface area (Å²) >= 11 is 0. The molecule has 0 fully saturated rings. The molecule has 42 heavy (non-hydrogen) atoms. The molecule has 0 saturated heterocycles. The van der Waals surface area contributed by atoms with E-state index >= 15 is 0 Å². The van der Waals surface area contributed by atoms with Crippen LogP contribution in [0.25, 0.3) is 33.5 Å². The number of aromatic nitrogens is 8. The molecule has 2 aromatic carbocycles. The first kappa shape index (κ1) is 29.1. The maximum absolute atomic E-state index is 5.01. The third kappa shape index (κ3) is 6.72. The number of nitrogens with one attached hydrogen (secondary N) is 3. The second-order valence-corrected chi connectivity index (χ2v) is 10.9. The summed E-state index contributed by atoms with van der Waals surface area (Å²) in [6.45, 7) is 6.21. The molecule has 0 radical (unpaired) electrons. The van der Waals surface area contributed by atoms with Crippen LogP contribution in [0.5, 0.6) is 0 Å². The van der Waals surface area contributed by atoms with Crippen molar-refractivity contribution in [3.05, 3.63) is 59.9 Å². The van der Waals surface area contributed by atoms with Gasteiger partial charge in [0.05, 0.1) is 6.54 Å². The van der Waals surface area contributed by atoms with Gasteiger partial charge >= 0.3 is 0 Å². The molecule has 220 valence electrons. The second kappa shape index (κ2) is 13.5. The number of rotatable bonds is 14. The Hall–Kier alpha value is -4.42. The van der Waals surface area contributed by atoms with Gasteiger partial charge in [-0.2, -0.15) is 5.21 Å². The molecule has 0 aliphatic rings. The predicted octanol–water partition coefficient (Wildman–Crippen LogP) is 3.76. The van der Waals surface area contributed by atoms with Crippen LogP contribution in [0.1, 0.15) is 24.2 Å². The van der Waals surface area contributed by atoms with Crippen LogP contribution < -0.4 is 10.6 Å². The predicted molar refractivity (Wildman–Crippen MR) is 168 cm³/mol. The van der Waals surface area contributed by atoms with Crippen LogP contribution in [0.4, 0.5) is 11.6 Å². The first-order valence-electron chi connectivity index (χ1n) is 14.3. The first-order valence-corrected chi connectivity index (χ1v) is 14.3. The number of aryl methyl sites for hydroxylation is 1. The molecule has 3 aromatic heterocycles. The number of aromatic amines is 1. The van der Waals surface area contributed by atoms with E-state index in [1.807, 2.05) is 25.1 Å². The number of benzene rings is 2. The van der Waals surface area contributed by atoms with Crippen molar-refractivity contribution >= 4 is 22.7 Å². The Morgan fingerprint density at radius 3 is 2.05 bits per heavy atom. The Balaban J connectivity index is 1.53. The first-order chi connectivity index (χ1) is 20.4. The average Bonchev–Trinajstić information content (AvgIpc) is 3.63. The van der Waals surface area contributed by atoms with Crippen molar-refractivity contribution < 1.29 is 0 Å². The molecule has 5 aromatic rings. The standard InChI is InChI=1S/C30H40N12/c1-21-33-26-27(30(32-17-11-19-41(4)5)35-34-29(26)31-16-10-18-40(2)3)42(21)20-22-12-6-7-13-23(22)24-14-8-9-15-25(24)28-36-38-39-37-28/h6-9,12-15H,10-11,16-20H2,1-5H3,(H,31,34)(H,32,35)(H,36,37,38,39). The molecule has 0 aliphatic heterocycles. The Kier molecular flexibility index (Phi) is 9.35. The van der Waals surface area contributed by atoms with Crippen LogP contribution in [0.2, 0.25) is 0 Å². The van der Waals surface area contributed by atoms with E-state index in [2.05, 4.69) is 114 Å². The van der Waals surface area contributed by atoms with Gasteiger partial charge < -0.3 is 25.0 Å². The van der Waals surface area contributed by atoms with Crippen molar-refractivity contribution in [1.82, 2.24) is 50.2 Å². The van der Waals surface area contributed by atoms with E-state index in [4.69, 9.17) is 4.98 Å². The number of fused-ring (bicyclic) bond motifs is 1. The van der Waals surface area contributed by atoms with Gasteiger partial charge in [0.1, 0.15) is 16.9 Å². The topological polar surface area (TPSA) is 129 Å². The zero-order chi connectivity index (χ0) is 29.5. The summed E-state index contributed by atoms with van der Waals surface area (Å²) in [5.41, 5.74) is 5.98. The fourth-order valence-corrected chi connectivity index (χ4v) is 5.08. The van der Waals surface area contributed by atoms with E-state index in [-0.39, 0.29) is 0 Å². The number of H-pyrrole nitrogens is 1. The van der Waals surface area contributed by atoms with Gasteiger partial charge in [0, 0.05) is 18.7 Å². The molecule has 0 spiro atoms. The SMILES string of the molecule is Cc1nc2c(NCCCN(C)C)nnc(NCCCN(C)C)c2n1Cc1ccccc1-c1ccccc1-c1nn[nH]n1. The highest BCUT2D eigenvalue weighted by Crippen LogP contribution is 2.34. The largest absolute Gasteiger partial charge is 0.367 e. The molecule has 0 bridgehead atoms. The van der Waals surface area contributed by atoms with Crippen LogP contribution in [0, 0.1) is 6.92 Å². The number of tetrazole rings is 1. The molecule has 0 atom stereocenters. The van der Waals surface area contributed by atoms with Crippen LogP contribution >= 0.6 is 0 Å². The van der Waals surface area contributed by atoms with Crippen molar-refractivity contribution in [3.8, 4) is 22.5 Å². The van der Waals surface area contributed by atoms with Gasteiger partial charge in [0.2, 0.25) is 5.82 Å². The minimum absolute atomic E-state index is 0.564. The van der Waals surface area contributed by atoms with Crippen molar-refractivity contribution in [3.63, 3.8) is 0 Å². The molecule has 0 amide bonds. The summed E-state index contributed by atoms with van der Waals surface area (Å²) in [5, 5.41) is 31.1. The monoisotopic (exact) mass is 568 g/mol. The lowest BCUT2D eigenvalue weighted by Gasteiger charge is -2.16. The number of hydrogen-bond donors (Lipinski definition) is 3. The Bertz CT molecular complexity index is 1590. The molecular formula is C30H40N12. The smallest absolute Gasteiger partial charge is 0.205 e. The minimum atomic E-state index is 0.564. The number of hydrogen-bond acceptors (Lipinski definition) is 10. The molecule has 5 rings (SSSR count). The van der Waals surface area contributed by atoms with E-state index < -0.39 is 0 Å². The number of anilines is 2. The fourth-order valence-electron chi connectivity index (χ4n) is 5.08. The van der Waals surface area contributed by atoms with Gasteiger partial charge in [-0.05, 0) is 82.9 Å². The Morgan fingerprint density at radius 2 is 1.38 bits per heavy atom. The molecule has 0 saturated carbocycles. The lowest BCUT2D eigenvalue weighted by atomic mass is 9.95. The van der Waals surface area contributed by atoms with Crippen LogP contribution in [-0.4, -0.2) is 105 Å². The second-order valence-electron chi connectivity index (χ2n) is 10.9. The summed E-state index contributed by atoms with van der Waals surface area (Å²) in [4.78, 5) is 9.37. The van der Waals surface area contributed by atoms with E-state index in [9.17, 15) is 0 Å². The lowest BCUT2D eigenvalue weighted by Crippen LogP contribution is -2.18. The molecule has 12 nitrogen and oxygen atoms in total. The van der Waals surface area contributed by atoms with Crippen LogP contribution in [-0.2, 0) is 6.54 Å². The molecule has 0 unspecified atom stereocenters. The van der Waals surface area contributed by atoms with Crippen molar-refractivity contribution in [2.75, 3.05) is 65.0 Å². The molecule has 0 aliphatic carbocycles. The Labute approximate surface area is 246 Å².